The van der Waals surface area contributed by atoms with Crippen LogP contribution in [0, 0.1) is 0 Å². The summed E-state index contributed by atoms with van der Waals surface area (Å²) in [5.74, 6) is -0.125. The number of anilines is 1. The summed E-state index contributed by atoms with van der Waals surface area (Å²) in [5.41, 5.74) is 1.77. The number of fused-ring (bicyclic) bond motifs is 1. The number of hydrogen-bond acceptors (Lipinski definition) is 4. The Hall–Kier alpha value is -3.35. The van der Waals surface area contributed by atoms with Crippen molar-refractivity contribution in [2.75, 3.05) is 5.32 Å². The second kappa shape index (κ2) is 9.23. The van der Waals surface area contributed by atoms with E-state index < -0.39 is 6.04 Å². The van der Waals surface area contributed by atoms with Crippen LogP contribution in [-0.2, 0) is 16.1 Å². The van der Waals surface area contributed by atoms with Crippen LogP contribution in [0.15, 0.2) is 48.5 Å². The van der Waals surface area contributed by atoms with E-state index in [-0.39, 0.29) is 36.7 Å². The van der Waals surface area contributed by atoms with Crippen LogP contribution >= 0.6 is 0 Å². The lowest BCUT2D eigenvalue weighted by molar-refractivity contribution is -0.122. The summed E-state index contributed by atoms with van der Waals surface area (Å²) in [6.45, 7) is 4.22. The van der Waals surface area contributed by atoms with Gasteiger partial charge in [-0.2, -0.15) is 0 Å². The highest BCUT2D eigenvalue weighted by Gasteiger charge is 2.27. The number of carbonyl (C=O) groups excluding carboxylic acids is 3. The number of benzene rings is 2. The van der Waals surface area contributed by atoms with Gasteiger partial charge in [0.2, 0.25) is 11.8 Å². The van der Waals surface area contributed by atoms with Crippen molar-refractivity contribution in [1.29, 1.82) is 0 Å². The summed E-state index contributed by atoms with van der Waals surface area (Å²) in [5, 5.41) is 8.28. The fraction of sp³-hybridized carbons (Fsp3) is 0.318. The Bertz CT molecular complexity index is 910. The first-order valence-electron chi connectivity index (χ1n) is 9.66. The number of ether oxygens (including phenoxy) is 1. The number of hydrogen-bond donors (Lipinski definition) is 3. The van der Waals surface area contributed by atoms with Crippen molar-refractivity contribution < 1.29 is 19.1 Å². The first-order chi connectivity index (χ1) is 13.9. The summed E-state index contributed by atoms with van der Waals surface area (Å²) < 4.78 is 5.75. The quantitative estimate of drug-likeness (QED) is 0.671. The highest BCUT2D eigenvalue weighted by atomic mass is 16.5. The molecule has 7 heteroatoms. The SMILES string of the molecule is CC(C)Oc1ccccc1CNC(=O)CC[C@H]1NC(=O)c2ccccc2NC1=O. The monoisotopic (exact) mass is 395 g/mol. The van der Waals surface area contributed by atoms with Gasteiger partial charge in [0.25, 0.3) is 5.91 Å². The molecule has 0 saturated heterocycles. The van der Waals surface area contributed by atoms with Gasteiger partial charge in [-0.15, -0.1) is 0 Å². The van der Waals surface area contributed by atoms with E-state index in [0.717, 1.165) is 11.3 Å². The van der Waals surface area contributed by atoms with Crippen LogP contribution < -0.4 is 20.7 Å². The molecule has 3 amide bonds. The minimum Gasteiger partial charge on any atom is -0.491 e. The molecule has 1 heterocycles. The molecular weight excluding hydrogens is 370 g/mol. The van der Waals surface area contributed by atoms with E-state index in [1.54, 1.807) is 24.3 Å². The molecule has 29 heavy (non-hydrogen) atoms. The zero-order valence-electron chi connectivity index (χ0n) is 16.5. The zero-order chi connectivity index (χ0) is 20.8. The van der Waals surface area contributed by atoms with E-state index in [0.29, 0.717) is 17.8 Å². The summed E-state index contributed by atoms with van der Waals surface area (Å²) in [4.78, 5) is 37.0. The summed E-state index contributed by atoms with van der Waals surface area (Å²) in [6, 6.07) is 13.6. The number of para-hydroxylation sites is 2. The molecule has 0 saturated carbocycles. The van der Waals surface area contributed by atoms with Crippen molar-refractivity contribution in [3.8, 4) is 5.75 Å². The third kappa shape index (κ3) is 5.34. The van der Waals surface area contributed by atoms with E-state index in [1.807, 2.05) is 38.1 Å². The van der Waals surface area contributed by atoms with Crippen LogP contribution in [0.5, 0.6) is 5.75 Å². The number of nitrogens with one attached hydrogen (secondary N) is 3. The largest absolute Gasteiger partial charge is 0.491 e. The lowest BCUT2D eigenvalue weighted by atomic mass is 10.1. The Labute approximate surface area is 169 Å². The Morgan fingerprint density at radius 2 is 1.83 bits per heavy atom. The van der Waals surface area contributed by atoms with Gasteiger partial charge >= 0.3 is 0 Å². The van der Waals surface area contributed by atoms with Crippen LogP contribution in [0.1, 0.15) is 42.6 Å². The second-order valence-corrected chi connectivity index (χ2v) is 7.15. The molecule has 1 aliphatic rings. The molecule has 2 aromatic rings. The Morgan fingerprint density at radius 3 is 2.62 bits per heavy atom. The van der Waals surface area contributed by atoms with Gasteiger partial charge in [-0.25, -0.2) is 0 Å². The smallest absolute Gasteiger partial charge is 0.254 e. The van der Waals surface area contributed by atoms with Crippen molar-refractivity contribution in [3.63, 3.8) is 0 Å². The number of amides is 3. The third-order valence-corrected chi connectivity index (χ3v) is 4.52. The normalized spacial score (nSPS) is 15.8. The minimum absolute atomic E-state index is 0.0355. The highest BCUT2D eigenvalue weighted by molar-refractivity contribution is 6.09. The molecule has 152 valence electrons. The molecule has 3 N–H and O–H groups in total. The molecule has 1 aliphatic heterocycles. The van der Waals surface area contributed by atoms with E-state index in [4.69, 9.17) is 4.74 Å². The zero-order valence-corrected chi connectivity index (χ0v) is 16.5. The van der Waals surface area contributed by atoms with Gasteiger partial charge in [-0.1, -0.05) is 30.3 Å². The van der Waals surface area contributed by atoms with E-state index in [1.165, 1.54) is 0 Å². The standard InChI is InChI=1S/C22H25N3O4/c1-14(2)29-19-10-6-3-7-15(19)13-23-20(26)12-11-18-22(28)24-17-9-5-4-8-16(17)21(27)25-18/h3-10,14,18H,11-13H2,1-2H3,(H,23,26)(H,24,28)(H,25,27)/t18-/m1/s1. The maximum atomic E-state index is 12.4. The first-order valence-corrected chi connectivity index (χ1v) is 9.66. The predicted octanol–water partition coefficient (Wildman–Crippen LogP) is 2.62. The molecule has 0 unspecified atom stereocenters. The molecule has 0 spiro atoms. The molecule has 0 bridgehead atoms. The average Bonchev–Trinajstić information content (AvgIpc) is 2.81. The maximum Gasteiger partial charge on any atom is 0.254 e. The Kier molecular flexibility index (Phi) is 6.49. The van der Waals surface area contributed by atoms with Gasteiger partial charge in [-0.3, -0.25) is 14.4 Å². The van der Waals surface area contributed by atoms with Gasteiger partial charge < -0.3 is 20.7 Å². The van der Waals surface area contributed by atoms with Gasteiger partial charge in [0.1, 0.15) is 11.8 Å². The summed E-state index contributed by atoms with van der Waals surface area (Å²) in [7, 11) is 0. The van der Waals surface area contributed by atoms with Crippen LogP contribution in [0.3, 0.4) is 0 Å². The average molecular weight is 395 g/mol. The molecule has 0 aromatic heterocycles. The Balaban J connectivity index is 1.54. The van der Waals surface area contributed by atoms with Gasteiger partial charge in [0.05, 0.1) is 17.4 Å². The summed E-state index contributed by atoms with van der Waals surface area (Å²) in [6.07, 6.45) is 0.358. The lowest BCUT2D eigenvalue weighted by Gasteiger charge is -2.16. The van der Waals surface area contributed by atoms with E-state index in [9.17, 15) is 14.4 Å². The number of rotatable bonds is 7. The molecule has 7 nitrogen and oxygen atoms in total. The first kappa shape index (κ1) is 20.4. The van der Waals surface area contributed by atoms with E-state index >= 15 is 0 Å². The second-order valence-electron chi connectivity index (χ2n) is 7.15. The lowest BCUT2D eigenvalue weighted by Crippen LogP contribution is -2.42. The fourth-order valence-corrected chi connectivity index (χ4v) is 3.09. The molecule has 3 rings (SSSR count). The fourth-order valence-electron chi connectivity index (χ4n) is 3.09. The third-order valence-electron chi connectivity index (χ3n) is 4.52. The van der Waals surface area contributed by atoms with E-state index in [2.05, 4.69) is 16.0 Å². The van der Waals surface area contributed by atoms with Crippen molar-refractivity contribution in [2.24, 2.45) is 0 Å². The number of carbonyl (C=O) groups is 3. The highest BCUT2D eigenvalue weighted by Crippen LogP contribution is 2.20. The van der Waals surface area contributed by atoms with Gasteiger partial charge in [0, 0.05) is 18.5 Å². The maximum absolute atomic E-state index is 12.4. The van der Waals surface area contributed by atoms with Crippen molar-refractivity contribution >= 4 is 23.4 Å². The molecule has 0 radical (unpaired) electrons. The summed E-state index contributed by atoms with van der Waals surface area (Å²) >= 11 is 0. The molecule has 0 fully saturated rings. The van der Waals surface area contributed by atoms with Crippen molar-refractivity contribution in [2.45, 2.75) is 45.4 Å². The minimum atomic E-state index is -0.766. The molecule has 0 aliphatic carbocycles. The van der Waals surface area contributed by atoms with Crippen LogP contribution in [-0.4, -0.2) is 29.9 Å². The van der Waals surface area contributed by atoms with Gasteiger partial charge in [0.15, 0.2) is 0 Å². The topological polar surface area (TPSA) is 96.5 Å². The van der Waals surface area contributed by atoms with Crippen LogP contribution in [0.25, 0.3) is 0 Å². The molecule has 2 aromatic carbocycles. The van der Waals surface area contributed by atoms with Crippen molar-refractivity contribution in [1.82, 2.24) is 10.6 Å². The predicted molar refractivity (Wildman–Crippen MR) is 110 cm³/mol. The van der Waals surface area contributed by atoms with Crippen LogP contribution in [0.2, 0.25) is 0 Å². The van der Waals surface area contributed by atoms with Gasteiger partial charge in [-0.05, 0) is 38.5 Å². The van der Waals surface area contributed by atoms with Crippen molar-refractivity contribution in [3.05, 3.63) is 59.7 Å². The van der Waals surface area contributed by atoms with Crippen LogP contribution in [0.4, 0.5) is 5.69 Å². The molecule has 1 atom stereocenters. The molecular formula is C22H25N3O4. The Morgan fingerprint density at radius 1 is 1.10 bits per heavy atom.